The van der Waals surface area contributed by atoms with Gasteiger partial charge in [0.1, 0.15) is 0 Å². The van der Waals surface area contributed by atoms with Crippen molar-refractivity contribution >= 4 is 0 Å². The van der Waals surface area contributed by atoms with Crippen LogP contribution in [0.25, 0.3) is 0 Å². The molecule has 2 rings (SSSR count). The topological polar surface area (TPSA) is 32.5 Å². The number of hydrogen-bond donors (Lipinski definition) is 1. The Hall–Kier alpha value is -0.120. The molecular weight excluding hydrogens is 234 g/mol. The summed E-state index contributed by atoms with van der Waals surface area (Å²) in [5, 5.41) is 0. The molecule has 3 unspecified atom stereocenters. The third-order valence-corrected chi connectivity index (χ3v) is 5.21. The molecule has 112 valence electrons. The minimum Gasteiger partial charge on any atom is -0.326 e. The van der Waals surface area contributed by atoms with E-state index in [1.54, 1.807) is 0 Å². The van der Waals surface area contributed by atoms with Crippen molar-refractivity contribution in [3.8, 4) is 0 Å². The van der Waals surface area contributed by atoms with Crippen LogP contribution < -0.4 is 5.73 Å². The average molecular weight is 267 g/mol. The summed E-state index contributed by atoms with van der Waals surface area (Å²) in [6, 6.07) is 1.02. The summed E-state index contributed by atoms with van der Waals surface area (Å²) in [5.41, 5.74) is 6.37. The zero-order valence-corrected chi connectivity index (χ0v) is 13.0. The summed E-state index contributed by atoms with van der Waals surface area (Å²) < 4.78 is 0. The van der Waals surface area contributed by atoms with E-state index in [1.807, 2.05) is 0 Å². The van der Waals surface area contributed by atoms with Crippen molar-refractivity contribution in [1.29, 1.82) is 0 Å². The van der Waals surface area contributed by atoms with Gasteiger partial charge in [0, 0.05) is 25.2 Å². The lowest BCUT2D eigenvalue weighted by Gasteiger charge is -2.40. The van der Waals surface area contributed by atoms with Crippen LogP contribution in [0.3, 0.4) is 0 Å². The lowest BCUT2D eigenvalue weighted by Crippen LogP contribution is -2.51. The minimum atomic E-state index is 0.400. The number of likely N-dealkylation sites (tertiary alicyclic amines) is 1. The monoisotopic (exact) mass is 267 g/mol. The zero-order chi connectivity index (χ0) is 13.7. The highest BCUT2D eigenvalue weighted by Gasteiger charge is 2.30. The molecule has 19 heavy (non-hydrogen) atoms. The average Bonchev–Trinajstić information content (AvgIpc) is 2.92. The number of nitrogens with zero attached hydrogens (tertiary/aromatic N) is 2. The van der Waals surface area contributed by atoms with Gasteiger partial charge in [-0.1, -0.05) is 19.8 Å². The highest BCUT2D eigenvalue weighted by molar-refractivity contribution is 4.88. The van der Waals surface area contributed by atoms with Gasteiger partial charge in [-0.05, 0) is 58.2 Å². The van der Waals surface area contributed by atoms with E-state index >= 15 is 0 Å². The van der Waals surface area contributed by atoms with E-state index in [1.165, 1.54) is 71.1 Å². The fraction of sp³-hybridized carbons (Fsp3) is 1.00. The number of hydrogen-bond acceptors (Lipinski definition) is 3. The van der Waals surface area contributed by atoms with Crippen LogP contribution in [-0.4, -0.2) is 55.1 Å². The number of likely N-dealkylation sites (N-methyl/N-ethyl adjacent to an activating group) is 1. The predicted octanol–water partition coefficient (Wildman–Crippen LogP) is 2.31. The number of nitrogens with two attached hydrogens (primary N) is 1. The molecule has 1 heterocycles. The summed E-state index contributed by atoms with van der Waals surface area (Å²) in [6.07, 6.45) is 9.41. The van der Waals surface area contributed by atoms with Gasteiger partial charge >= 0.3 is 0 Å². The van der Waals surface area contributed by atoms with Crippen molar-refractivity contribution < 1.29 is 0 Å². The van der Waals surface area contributed by atoms with E-state index in [2.05, 4.69) is 23.8 Å². The van der Waals surface area contributed by atoms with Crippen LogP contribution in [0.15, 0.2) is 0 Å². The Kier molecular flexibility index (Phi) is 6.11. The summed E-state index contributed by atoms with van der Waals surface area (Å²) in [5.74, 6) is 0.920. The highest BCUT2D eigenvalue weighted by Crippen LogP contribution is 2.29. The molecule has 3 atom stereocenters. The Labute approximate surface area is 119 Å². The summed E-state index contributed by atoms with van der Waals surface area (Å²) in [6.45, 7) is 7.35. The van der Waals surface area contributed by atoms with Crippen LogP contribution >= 0.6 is 0 Å². The van der Waals surface area contributed by atoms with Gasteiger partial charge < -0.3 is 15.5 Å². The highest BCUT2D eigenvalue weighted by atomic mass is 15.2. The smallest absolute Gasteiger partial charge is 0.0247 e. The van der Waals surface area contributed by atoms with E-state index in [4.69, 9.17) is 5.73 Å². The fourth-order valence-corrected chi connectivity index (χ4v) is 3.90. The first kappa shape index (κ1) is 15.3. The molecule has 0 radical (unpaired) electrons. The van der Waals surface area contributed by atoms with Gasteiger partial charge in [0.15, 0.2) is 0 Å². The van der Waals surface area contributed by atoms with Crippen molar-refractivity contribution in [2.24, 2.45) is 11.7 Å². The van der Waals surface area contributed by atoms with Gasteiger partial charge in [0.25, 0.3) is 0 Å². The van der Waals surface area contributed by atoms with Gasteiger partial charge in [-0.15, -0.1) is 0 Å². The maximum Gasteiger partial charge on any atom is 0.0247 e. The summed E-state index contributed by atoms with van der Waals surface area (Å²) in [7, 11) is 2.29. The quantitative estimate of drug-likeness (QED) is 0.801. The lowest BCUT2D eigenvalue weighted by molar-refractivity contribution is 0.122. The second kappa shape index (κ2) is 7.61. The molecule has 0 spiro atoms. The largest absolute Gasteiger partial charge is 0.326 e. The van der Waals surface area contributed by atoms with E-state index in [9.17, 15) is 0 Å². The Morgan fingerprint density at radius 3 is 2.63 bits per heavy atom. The van der Waals surface area contributed by atoms with Gasteiger partial charge in [0.05, 0.1) is 0 Å². The van der Waals surface area contributed by atoms with Gasteiger partial charge in [0.2, 0.25) is 0 Å². The van der Waals surface area contributed by atoms with Crippen LogP contribution in [0.1, 0.15) is 51.9 Å². The third-order valence-electron chi connectivity index (χ3n) is 5.21. The molecule has 0 aromatic carbocycles. The predicted molar refractivity (Wildman–Crippen MR) is 82.3 cm³/mol. The molecule has 1 aliphatic carbocycles. The van der Waals surface area contributed by atoms with Crippen LogP contribution in [0.2, 0.25) is 0 Å². The zero-order valence-electron chi connectivity index (χ0n) is 13.0. The molecule has 1 saturated heterocycles. The molecular formula is C16H33N3. The van der Waals surface area contributed by atoms with Crippen LogP contribution in [0.5, 0.6) is 0 Å². The molecule has 2 N–H and O–H groups in total. The fourth-order valence-electron chi connectivity index (χ4n) is 3.90. The molecule has 0 aromatic rings. The van der Waals surface area contributed by atoms with Gasteiger partial charge in [-0.2, -0.15) is 0 Å². The molecule has 2 fully saturated rings. The Morgan fingerprint density at radius 2 is 1.95 bits per heavy atom. The van der Waals surface area contributed by atoms with Crippen molar-refractivity contribution in [3.63, 3.8) is 0 Å². The third kappa shape index (κ3) is 4.44. The molecule has 1 aliphatic heterocycles. The molecule has 0 amide bonds. The van der Waals surface area contributed by atoms with Crippen molar-refractivity contribution in [1.82, 2.24) is 9.80 Å². The molecule has 0 bridgehead atoms. The molecule has 2 aliphatic rings. The van der Waals surface area contributed by atoms with Gasteiger partial charge in [-0.3, -0.25) is 0 Å². The maximum absolute atomic E-state index is 6.37. The molecule has 1 saturated carbocycles. The van der Waals surface area contributed by atoms with E-state index < -0.39 is 0 Å². The van der Waals surface area contributed by atoms with Crippen LogP contribution in [0, 0.1) is 5.92 Å². The molecule has 0 aromatic heterocycles. The first-order valence-electron chi connectivity index (χ1n) is 8.39. The molecule has 3 heteroatoms. The summed E-state index contributed by atoms with van der Waals surface area (Å²) in [4.78, 5) is 5.15. The Balaban J connectivity index is 1.76. The first-order chi connectivity index (χ1) is 9.20. The standard InChI is InChI=1S/C16H33N3/c1-3-6-14-7-8-15(17)16(13-14)18(2)11-12-19-9-4-5-10-19/h14-16H,3-13,17H2,1-2H3. The van der Waals surface area contributed by atoms with Crippen molar-refractivity contribution in [2.45, 2.75) is 64.0 Å². The second-order valence-corrected chi connectivity index (χ2v) is 6.73. The van der Waals surface area contributed by atoms with E-state index in [0.717, 1.165) is 5.92 Å². The molecule has 3 nitrogen and oxygen atoms in total. The summed E-state index contributed by atoms with van der Waals surface area (Å²) >= 11 is 0. The van der Waals surface area contributed by atoms with Crippen LogP contribution in [-0.2, 0) is 0 Å². The SMILES string of the molecule is CCCC1CCC(N)C(N(C)CCN2CCCC2)C1. The number of rotatable bonds is 6. The maximum atomic E-state index is 6.37. The normalized spacial score (nSPS) is 33.2. The Bertz CT molecular complexity index is 250. The second-order valence-electron chi connectivity index (χ2n) is 6.73. The Morgan fingerprint density at radius 1 is 1.21 bits per heavy atom. The van der Waals surface area contributed by atoms with Gasteiger partial charge in [-0.25, -0.2) is 0 Å². The van der Waals surface area contributed by atoms with Crippen LogP contribution in [0.4, 0.5) is 0 Å². The van der Waals surface area contributed by atoms with E-state index in [-0.39, 0.29) is 0 Å². The van der Waals surface area contributed by atoms with Crippen molar-refractivity contribution in [2.75, 3.05) is 33.2 Å². The first-order valence-corrected chi connectivity index (χ1v) is 8.39. The lowest BCUT2D eigenvalue weighted by atomic mass is 9.80. The minimum absolute atomic E-state index is 0.400. The van der Waals surface area contributed by atoms with E-state index in [0.29, 0.717) is 12.1 Å². The van der Waals surface area contributed by atoms with Crippen molar-refractivity contribution in [3.05, 3.63) is 0 Å².